The fraction of sp³-hybridized carbons (Fsp3) is 0.111. The van der Waals surface area contributed by atoms with Gasteiger partial charge in [0.2, 0.25) is 0 Å². The molecule has 1 saturated heterocycles. The number of benzene rings is 1. The van der Waals surface area contributed by atoms with E-state index in [4.69, 9.17) is 9.15 Å². The highest BCUT2D eigenvalue weighted by molar-refractivity contribution is 8.03. The molecule has 0 aliphatic carbocycles. The first kappa shape index (κ1) is 17.1. The zero-order valence-corrected chi connectivity index (χ0v) is 14.5. The first-order chi connectivity index (χ1) is 13.0. The summed E-state index contributed by atoms with van der Waals surface area (Å²) in [6, 6.07) is 7.47. The monoisotopic (exact) mass is 384 g/mol. The molecule has 4 rings (SSSR count). The van der Waals surface area contributed by atoms with E-state index in [2.05, 4.69) is 0 Å². The van der Waals surface area contributed by atoms with Crippen molar-refractivity contribution in [2.24, 2.45) is 0 Å². The molecule has 0 radical (unpaired) electrons. The van der Waals surface area contributed by atoms with Gasteiger partial charge in [-0.2, -0.15) is 0 Å². The predicted octanol–water partition coefficient (Wildman–Crippen LogP) is 3.07. The van der Waals surface area contributed by atoms with Crippen LogP contribution < -0.4 is 0 Å². The highest BCUT2D eigenvalue weighted by atomic mass is 32.2. The lowest BCUT2D eigenvalue weighted by atomic mass is 10.0. The summed E-state index contributed by atoms with van der Waals surface area (Å²) in [4.78, 5) is 36.2. The van der Waals surface area contributed by atoms with Gasteiger partial charge in [-0.15, -0.1) is 11.8 Å². The van der Waals surface area contributed by atoms with Crippen molar-refractivity contribution in [3.05, 3.63) is 80.8 Å². The molecule has 3 heterocycles. The Morgan fingerprint density at radius 1 is 1.33 bits per heavy atom. The van der Waals surface area contributed by atoms with Gasteiger partial charge >= 0.3 is 5.97 Å². The molecule has 2 aliphatic rings. The predicted molar refractivity (Wildman–Crippen MR) is 95.9 cm³/mol. The topological polar surface area (TPSA) is 103 Å². The average molecular weight is 384 g/mol. The van der Waals surface area contributed by atoms with Crippen LogP contribution in [0.5, 0.6) is 0 Å². The Kier molecular flexibility index (Phi) is 4.28. The lowest BCUT2D eigenvalue weighted by molar-refractivity contribution is -0.384. The van der Waals surface area contributed by atoms with E-state index < -0.39 is 10.9 Å². The van der Waals surface area contributed by atoms with Crippen molar-refractivity contribution >= 4 is 35.4 Å². The van der Waals surface area contributed by atoms with Crippen molar-refractivity contribution in [3.63, 3.8) is 0 Å². The number of β-lactam (4-membered cyclic amide) rings is 1. The normalized spacial score (nSPS) is 19.5. The zero-order chi connectivity index (χ0) is 19.0. The van der Waals surface area contributed by atoms with Gasteiger partial charge in [0.05, 0.1) is 23.0 Å². The lowest BCUT2D eigenvalue weighted by Gasteiger charge is -2.37. The van der Waals surface area contributed by atoms with Crippen LogP contribution in [0.3, 0.4) is 0 Å². The Balaban J connectivity index is 1.38. The maximum Gasteiger partial charge on any atom is 0.355 e. The van der Waals surface area contributed by atoms with Crippen LogP contribution in [0, 0.1) is 10.1 Å². The highest BCUT2D eigenvalue weighted by Crippen LogP contribution is 2.45. The Bertz CT molecular complexity index is 978. The smallest absolute Gasteiger partial charge is 0.355 e. The average Bonchev–Trinajstić information content (AvgIpc) is 3.32. The van der Waals surface area contributed by atoms with Crippen LogP contribution in [0.25, 0.3) is 6.08 Å². The molecule has 136 valence electrons. The summed E-state index contributed by atoms with van der Waals surface area (Å²) in [5.41, 5.74) is 2.16. The molecular weight excluding hydrogens is 372 g/mol. The van der Waals surface area contributed by atoms with Gasteiger partial charge in [-0.25, -0.2) is 4.79 Å². The number of fused-ring (bicyclic) bond motifs is 1. The molecular formula is C18H12N2O6S. The number of rotatable bonds is 5. The van der Waals surface area contributed by atoms with E-state index in [1.807, 2.05) is 0 Å². The molecule has 0 N–H and O–H groups in total. The summed E-state index contributed by atoms with van der Waals surface area (Å²) in [6.07, 6.45) is 4.79. The maximum atomic E-state index is 12.4. The van der Waals surface area contributed by atoms with Crippen LogP contribution in [0.4, 0.5) is 5.69 Å². The zero-order valence-electron chi connectivity index (χ0n) is 13.7. The number of non-ortho nitro benzene ring substituents is 1. The Hall–Kier alpha value is -3.33. The summed E-state index contributed by atoms with van der Waals surface area (Å²) < 4.78 is 10.2. The standard InChI is InChI=1S/C18H12N2O6S/c21-16-14(7-12-5-6-25-8-12)17-19(16)15(10-27-17)18(22)26-9-11-1-3-13(4-2-11)20(23)24/h1-8,10,17H,9H2/b14-7+/t17-/m1/s1. The number of hydrogen-bond donors (Lipinski definition) is 0. The molecule has 0 unspecified atom stereocenters. The lowest BCUT2D eigenvalue weighted by Crippen LogP contribution is -2.51. The number of nitro groups is 1. The van der Waals surface area contributed by atoms with Gasteiger partial charge in [0.25, 0.3) is 11.6 Å². The molecule has 1 fully saturated rings. The first-order valence-corrected chi connectivity index (χ1v) is 8.82. The van der Waals surface area contributed by atoms with Crippen molar-refractivity contribution in [3.8, 4) is 0 Å². The number of carbonyl (C=O) groups excluding carboxylic acids is 2. The van der Waals surface area contributed by atoms with Gasteiger partial charge in [0.1, 0.15) is 17.7 Å². The molecule has 2 aliphatic heterocycles. The van der Waals surface area contributed by atoms with E-state index in [0.29, 0.717) is 11.1 Å². The highest BCUT2D eigenvalue weighted by Gasteiger charge is 2.49. The third kappa shape index (κ3) is 3.13. The van der Waals surface area contributed by atoms with Crippen LogP contribution in [-0.2, 0) is 20.9 Å². The number of nitrogens with zero attached hydrogens (tertiary/aromatic N) is 2. The van der Waals surface area contributed by atoms with Gasteiger partial charge in [-0.1, -0.05) is 0 Å². The molecule has 0 bridgehead atoms. The molecule has 9 heteroatoms. The maximum absolute atomic E-state index is 12.4. The second-order valence-corrected chi connectivity index (χ2v) is 6.78. The van der Waals surface area contributed by atoms with Crippen molar-refractivity contribution in [1.82, 2.24) is 4.90 Å². The molecule has 27 heavy (non-hydrogen) atoms. The van der Waals surface area contributed by atoms with Crippen molar-refractivity contribution in [1.29, 1.82) is 0 Å². The van der Waals surface area contributed by atoms with Gasteiger partial charge in [-0.3, -0.25) is 19.8 Å². The van der Waals surface area contributed by atoms with Crippen molar-refractivity contribution in [2.45, 2.75) is 12.0 Å². The third-order valence-corrected chi connectivity index (χ3v) is 5.21. The Labute approximate surface area is 157 Å². The summed E-state index contributed by atoms with van der Waals surface area (Å²) in [6.45, 7) is -0.0384. The van der Waals surface area contributed by atoms with Crippen molar-refractivity contribution in [2.75, 3.05) is 0 Å². The quantitative estimate of drug-likeness (QED) is 0.257. The van der Waals surface area contributed by atoms with Crippen LogP contribution in [0.1, 0.15) is 11.1 Å². The number of furan rings is 1. The minimum atomic E-state index is -0.612. The molecule has 1 atom stereocenters. The molecule has 1 aromatic heterocycles. The van der Waals surface area contributed by atoms with Gasteiger partial charge in [-0.05, 0) is 29.8 Å². The number of ether oxygens (including phenoxy) is 1. The Morgan fingerprint density at radius 3 is 2.78 bits per heavy atom. The molecule has 8 nitrogen and oxygen atoms in total. The number of esters is 1. The minimum Gasteiger partial charge on any atom is -0.472 e. The summed E-state index contributed by atoms with van der Waals surface area (Å²) >= 11 is 1.36. The van der Waals surface area contributed by atoms with E-state index >= 15 is 0 Å². The van der Waals surface area contributed by atoms with E-state index in [1.165, 1.54) is 53.5 Å². The molecule has 1 aromatic carbocycles. The van der Waals surface area contributed by atoms with Crippen LogP contribution >= 0.6 is 11.8 Å². The number of hydrogen-bond acceptors (Lipinski definition) is 7. The summed E-state index contributed by atoms with van der Waals surface area (Å²) in [5, 5.41) is 12.0. The second kappa shape index (κ2) is 6.76. The number of thioether (sulfide) groups is 1. The van der Waals surface area contributed by atoms with E-state index in [1.54, 1.807) is 17.6 Å². The Morgan fingerprint density at radius 2 is 2.11 bits per heavy atom. The summed E-state index contributed by atoms with van der Waals surface area (Å²) in [5.74, 6) is -0.858. The number of nitro benzene ring substituents is 1. The fourth-order valence-corrected chi connectivity index (χ4v) is 3.85. The number of amides is 1. The van der Waals surface area contributed by atoms with E-state index in [-0.39, 0.29) is 29.3 Å². The molecule has 0 spiro atoms. The van der Waals surface area contributed by atoms with Gasteiger partial charge < -0.3 is 9.15 Å². The molecule has 2 aromatic rings. The van der Waals surface area contributed by atoms with E-state index in [9.17, 15) is 19.7 Å². The van der Waals surface area contributed by atoms with Gasteiger partial charge in [0.15, 0.2) is 0 Å². The second-order valence-electron chi connectivity index (χ2n) is 5.82. The summed E-state index contributed by atoms with van der Waals surface area (Å²) in [7, 11) is 0. The number of carbonyl (C=O) groups is 2. The minimum absolute atomic E-state index is 0.0362. The van der Waals surface area contributed by atoms with Gasteiger partial charge in [0, 0.05) is 23.1 Å². The van der Waals surface area contributed by atoms with Crippen LogP contribution in [-0.4, -0.2) is 27.1 Å². The first-order valence-electron chi connectivity index (χ1n) is 7.88. The molecule has 1 amide bonds. The largest absolute Gasteiger partial charge is 0.472 e. The van der Waals surface area contributed by atoms with Crippen LogP contribution in [0.15, 0.2) is 64.0 Å². The van der Waals surface area contributed by atoms with Crippen molar-refractivity contribution < 1.29 is 23.7 Å². The SMILES string of the molecule is O=C(OCc1ccc([N+](=O)[O-])cc1)C1=CS[C@@H]2/C(=C/c3ccoc3)C(=O)N12. The van der Waals surface area contributed by atoms with Crippen LogP contribution in [0.2, 0.25) is 0 Å². The fourth-order valence-electron chi connectivity index (χ4n) is 2.73. The van der Waals surface area contributed by atoms with E-state index in [0.717, 1.165) is 5.56 Å². The molecule has 0 saturated carbocycles. The third-order valence-electron chi connectivity index (χ3n) is 4.13.